The van der Waals surface area contributed by atoms with Crippen LogP contribution < -0.4 is 10.1 Å². The second-order valence-electron chi connectivity index (χ2n) is 5.43. The molecule has 2 aromatic rings. The minimum absolute atomic E-state index is 0.0244. The van der Waals surface area contributed by atoms with Gasteiger partial charge in [0.1, 0.15) is 5.75 Å². The number of nitro benzene ring substituents is 1. The first kappa shape index (κ1) is 20.9. The number of non-ortho nitro benzene ring substituents is 1. The number of nitrogens with one attached hydrogen (secondary N) is 1. The van der Waals surface area contributed by atoms with Crippen LogP contribution in [0.1, 0.15) is 29.3 Å². The van der Waals surface area contributed by atoms with Crippen molar-refractivity contribution >= 4 is 39.9 Å². The van der Waals surface area contributed by atoms with Crippen molar-refractivity contribution in [1.29, 1.82) is 0 Å². The van der Waals surface area contributed by atoms with E-state index < -0.39 is 22.6 Å². The molecule has 0 radical (unpaired) electrons. The Morgan fingerprint density at radius 1 is 1.26 bits per heavy atom. The predicted molar refractivity (Wildman–Crippen MR) is 101 cm³/mol. The van der Waals surface area contributed by atoms with Gasteiger partial charge in [0.05, 0.1) is 28.3 Å². The Hall–Kier alpha value is -2.37. The summed E-state index contributed by atoms with van der Waals surface area (Å²) in [5.74, 6) is -0.692. The zero-order valence-corrected chi connectivity index (χ0v) is 16.1. The van der Waals surface area contributed by atoms with Gasteiger partial charge in [0.2, 0.25) is 0 Å². The lowest BCUT2D eigenvalue weighted by Gasteiger charge is -2.15. The van der Waals surface area contributed by atoms with Gasteiger partial charge >= 0.3 is 6.18 Å². The molecule has 0 aliphatic rings. The first-order valence-corrected chi connectivity index (χ1v) is 8.80. The zero-order valence-electron chi connectivity index (χ0n) is 14.0. The van der Waals surface area contributed by atoms with Gasteiger partial charge in [0, 0.05) is 15.7 Å². The molecule has 0 aliphatic carbocycles. The van der Waals surface area contributed by atoms with Gasteiger partial charge in [-0.2, -0.15) is 13.2 Å². The highest BCUT2D eigenvalue weighted by molar-refractivity contribution is 14.1. The fourth-order valence-corrected chi connectivity index (χ4v) is 2.71. The molecule has 10 heteroatoms. The molecule has 0 heterocycles. The monoisotopic (exact) mass is 494 g/mol. The molecule has 0 unspecified atom stereocenters. The summed E-state index contributed by atoms with van der Waals surface area (Å²) in [6.07, 6.45) is -3.97. The van der Waals surface area contributed by atoms with E-state index in [1.165, 1.54) is 12.1 Å². The van der Waals surface area contributed by atoms with Gasteiger partial charge in [-0.3, -0.25) is 14.9 Å². The summed E-state index contributed by atoms with van der Waals surface area (Å²) in [6, 6.07) is 6.45. The normalized spacial score (nSPS) is 11.1. The highest BCUT2D eigenvalue weighted by Gasteiger charge is 2.31. The van der Waals surface area contributed by atoms with Crippen LogP contribution in [0.4, 0.5) is 24.5 Å². The number of rotatable bonds is 6. The molecule has 0 fully saturated rings. The number of benzene rings is 2. The van der Waals surface area contributed by atoms with Crippen LogP contribution in [-0.2, 0) is 6.18 Å². The van der Waals surface area contributed by atoms with Crippen molar-refractivity contribution in [3.63, 3.8) is 0 Å². The molecule has 27 heavy (non-hydrogen) atoms. The van der Waals surface area contributed by atoms with Gasteiger partial charge in [-0.05, 0) is 53.3 Å². The van der Waals surface area contributed by atoms with Crippen molar-refractivity contribution in [3.05, 3.63) is 61.2 Å². The molecular weight excluding hydrogens is 480 g/mol. The van der Waals surface area contributed by atoms with Gasteiger partial charge in [-0.1, -0.05) is 6.92 Å². The van der Waals surface area contributed by atoms with E-state index in [2.05, 4.69) is 5.32 Å². The third kappa shape index (κ3) is 5.31. The highest BCUT2D eigenvalue weighted by atomic mass is 127. The summed E-state index contributed by atoms with van der Waals surface area (Å²) in [6.45, 7) is 2.08. The van der Waals surface area contributed by atoms with Gasteiger partial charge < -0.3 is 10.1 Å². The number of nitrogens with zero attached hydrogens (tertiary/aromatic N) is 1. The Bertz CT molecular complexity index is 872. The minimum Gasteiger partial charge on any atom is -0.491 e. The SMILES string of the molecule is CCCOc1ccc(C(F)(F)F)cc1NC(=O)c1cc([N+](=O)[O-])ccc1I. The summed E-state index contributed by atoms with van der Waals surface area (Å²) in [7, 11) is 0. The third-order valence-corrected chi connectivity index (χ3v) is 4.36. The number of carbonyl (C=O) groups is 1. The molecule has 1 N–H and O–H groups in total. The molecule has 0 spiro atoms. The van der Waals surface area contributed by atoms with Crippen LogP contribution in [0.2, 0.25) is 0 Å². The number of carbonyl (C=O) groups excluding carboxylic acids is 1. The number of amides is 1. The first-order valence-electron chi connectivity index (χ1n) is 7.72. The Balaban J connectivity index is 2.40. The predicted octanol–water partition coefficient (Wildman–Crippen LogP) is 5.26. The number of hydrogen-bond acceptors (Lipinski definition) is 4. The number of alkyl halides is 3. The third-order valence-electron chi connectivity index (χ3n) is 3.42. The van der Waals surface area contributed by atoms with E-state index in [4.69, 9.17) is 4.74 Å². The minimum atomic E-state index is -4.59. The largest absolute Gasteiger partial charge is 0.491 e. The second kappa shape index (κ2) is 8.55. The number of nitro groups is 1. The zero-order chi connectivity index (χ0) is 20.2. The van der Waals surface area contributed by atoms with Crippen LogP contribution in [0.25, 0.3) is 0 Å². The van der Waals surface area contributed by atoms with Crippen LogP contribution in [0.5, 0.6) is 5.75 Å². The van der Waals surface area contributed by atoms with Gasteiger partial charge in [0.15, 0.2) is 0 Å². The number of hydrogen-bond donors (Lipinski definition) is 1. The van der Waals surface area contributed by atoms with Crippen molar-refractivity contribution in [1.82, 2.24) is 0 Å². The standard InChI is InChI=1S/C17H14F3IN2O4/c1-2-7-27-15-6-3-10(17(18,19)20)8-14(15)22-16(24)12-9-11(23(25)26)4-5-13(12)21/h3-6,8-9H,2,7H2,1H3,(H,22,24). The fraction of sp³-hybridized carbons (Fsp3) is 0.235. The van der Waals surface area contributed by atoms with E-state index >= 15 is 0 Å². The fourth-order valence-electron chi connectivity index (χ4n) is 2.13. The lowest BCUT2D eigenvalue weighted by molar-refractivity contribution is -0.384. The lowest BCUT2D eigenvalue weighted by Crippen LogP contribution is -2.16. The van der Waals surface area contributed by atoms with Gasteiger partial charge in [0.25, 0.3) is 11.6 Å². The van der Waals surface area contributed by atoms with Crippen LogP contribution >= 0.6 is 22.6 Å². The van der Waals surface area contributed by atoms with Crippen LogP contribution in [0, 0.1) is 13.7 Å². The molecule has 6 nitrogen and oxygen atoms in total. The maximum Gasteiger partial charge on any atom is 0.416 e. The van der Waals surface area contributed by atoms with Crippen molar-refractivity contribution < 1.29 is 27.6 Å². The maximum absolute atomic E-state index is 13.0. The first-order chi connectivity index (χ1) is 12.6. The molecule has 0 saturated carbocycles. The Kier molecular flexibility index (Phi) is 6.63. The summed E-state index contributed by atoms with van der Waals surface area (Å²) < 4.78 is 44.8. The molecule has 0 atom stereocenters. The summed E-state index contributed by atoms with van der Waals surface area (Å²) in [5.41, 5.74) is -1.43. The summed E-state index contributed by atoms with van der Waals surface area (Å²) in [5, 5.41) is 13.3. The number of halogens is 4. The number of anilines is 1. The van der Waals surface area contributed by atoms with E-state index in [9.17, 15) is 28.1 Å². The Morgan fingerprint density at radius 3 is 2.56 bits per heavy atom. The highest BCUT2D eigenvalue weighted by Crippen LogP contribution is 2.35. The number of ether oxygens (including phenoxy) is 1. The molecule has 2 rings (SSSR count). The van der Waals surface area contributed by atoms with Gasteiger partial charge in [-0.25, -0.2) is 0 Å². The Labute approximate surface area is 166 Å². The van der Waals surface area contributed by atoms with E-state index in [0.29, 0.717) is 9.99 Å². The van der Waals surface area contributed by atoms with Crippen molar-refractivity contribution in [2.75, 3.05) is 11.9 Å². The van der Waals surface area contributed by atoms with Crippen molar-refractivity contribution in [3.8, 4) is 5.75 Å². The molecule has 0 aromatic heterocycles. The molecule has 144 valence electrons. The average Bonchev–Trinajstić information content (AvgIpc) is 2.59. The summed E-state index contributed by atoms with van der Waals surface area (Å²) >= 11 is 1.81. The molecule has 2 aromatic carbocycles. The summed E-state index contributed by atoms with van der Waals surface area (Å²) in [4.78, 5) is 22.8. The Morgan fingerprint density at radius 2 is 1.96 bits per heavy atom. The van der Waals surface area contributed by atoms with Crippen LogP contribution in [0.15, 0.2) is 36.4 Å². The smallest absolute Gasteiger partial charge is 0.416 e. The van der Waals surface area contributed by atoms with Crippen LogP contribution in [-0.4, -0.2) is 17.4 Å². The van der Waals surface area contributed by atoms with E-state index in [0.717, 1.165) is 24.3 Å². The van der Waals surface area contributed by atoms with Crippen LogP contribution in [0.3, 0.4) is 0 Å². The van der Waals surface area contributed by atoms with Crippen molar-refractivity contribution in [2.45, 2.75) is 19.5 Å². The van der Waals surface area contributed by atoms with E-state index in [1.54, 1.807) is 0 Å². The average molecular weight is 494 g/mol. The molecule has 0 saturated heterocycles. The van der Waals surface area contributed by atoms with Gasteiger partial charge in [-0.15, -0.1) is 0 Å². The molecule has 1 amide bonds. The molecule has 0 bridgehead atoms. The van der Waals surface area contributed by atoms with Crippen molar-refractivity contribution in [2.24, 2.45) is 0 Å². The second-order valence-corrected chi connectivity index (χ2v) is 6.59. The maximum atomic E-state index is 13.0. The lowest BCUT2D eigenvalue weighted by atomic mass is 10.1. The van der Waals surface area contributed by atoms with E-state index in [-0.39, 0.29) is 29.3 Å². The molecular formula is C17H14F3IN2O4. The quantitative estimate of drug-likeness (QED) is 0.338. The molecule has 0 aliphatic heterocycles. The topological polar surface area (TPSA) is 81.5 Å². The van der Waals surface area contributed by atoms with E-state index in [1.807, 2.05) is 29.5 Å².